The number of nitrogens with one attached hydrogen (secondary N) is 1. The van der Waals surface area contributed by atoms with Gasteiger partial charge in [0.1, 0.15) is 12.3 Å². The van der Waals surface area contributed by atoms with Gasteiger partial charge in [0.2, 0.25) is 15.9 Å². The minimum atomic E-state index is -3.52. The van der Waals surface area contributed by atoms with Crippen LogP contribution in [0.2, 0.25) is 0 Å². The molecule has 1 amide bonds. The fourth-order valence-electron chi connectivity index (χ4n) is 1.66. The third-order valence-electron chi connectivity index (χ3n) is 2.50. The first-order valence-electron chi connectivity index (χ1n) is 6.35. The van der Waals surface area contributed by atoms with Gasteiger partial charge in [0.25, 0.3) is 0 Å². The lowest BCUT2D eigenvalue weighted by molar-refractivity contribution is -0.119. The summed E-state index contributed by atoms with van der Waals surface area (Å²) in [7, 11) is -3.52. The first-order valence-corrected chi connectivity index (χ1v) is 8.20. The Bertz CT molecular complexity index is 540. The van der Waals surface area contributed by atoms with E-state index in [-0.39, 0.29) is 12.5 Å². The van der Waals surface area contributed by atoms with E-state index in [1.54, 1.807) is 31.2 Å². The molecule has 0 saturated heterocycles. The number of hydrogen-bond acceptors (Lipinski definition) is 4. The van der Waals surface area contributed by atoms with Crippen LogP contribution >= 0.6 is 0 Å². The van der Waals surface area contributed by atoms with Crippen LogP contribution in [0, 0.1) is 0 Å². The van der Waals surface area contributed by atoms with Crippen LogP contribution in [0.15, 0.2) is 24.3 Å². The molecular formula is C13H20N2O4S. The lowest BCUT2D eigenvalue weighted by Crippen LogP contribution is -2.40. The van der Waals surface area contributed by atoms with E-state index in [4.69, 9.17) is 4.74 Å². The molecule has 0 saturated carbocycles. The molecule has 0 fully saturated rings. The zero-order chi connectivity index (χ0) is 15.2. The molecule has 0 aliphatic carbocycles. The minimum Gasteiger partial charge on any atom is -0.494 e. The van der Waals surface area contributed by atoms with Crippen LogP contribution in [-0.4, -0.2) is 40.3 Å². The molecule has 6 nitrogen and oxygen atoms in total. The van der Waals surface area contributed by atoms with E-state index in [2.05, 4.69) is 5.32 Å². The second kappa shape index (κ2) is 7.14. The number of sulfonamides is 1. The first-order chi connectivity index (χ1) is 9.38. The molecule has 1 aromatic rings. The second-order valence-electron chi connectivity index (χ2n) is 4.15. The second-order valence-corrected chi connectivity index (χ2v) is 6.06. The fraction of sp³-hybridized carbons (Fsp3) is 0.462. The van der Waals surface area contributed by atoms with Crippen molar-refractivity contribution < 1.29 is 17.9 Å². The van der Waals surface area contributed by atoms with E-state index in [0.29, 0.717) is 24.6 Å². The van der Waals surface area contributed by atoms with Gasteiger partial charge in [0.05, 0.1) is 18.6 Å². The van der Waals surface area contributed by atoms with Gasteiger partial charge in [-0.05, 0) is 38.1 Å². The third-order valence-corrected chi connectivity index (χ3v) is 3.64. The molecule has 20 heavy (non-hydrogen) atoms. The highest BCUT2D eigenvalue weighted by Crippen LogP contribution is 2.21. The van der Waals surface area contributed by atoms with E-state index in [9.17, 15) is 13.2 Å². The quantitative estimate of drug-likeness (QED) is 0.814. The SMILES string of the molecule is CCNC(=O)CN(c1ccc(OCC)cc1)S(C)(=O)=O. The molecule has 0 aromatic heterocycles. The molecule has 1 aromatic carbocycles. The molecule has 7 heteroatoms. The van der Waals surface area contributed by atoms with Gasteiger partial charge >= 0.3 is 0 Å². The Labute approximate surface area is 119 Å². The van der Waals surface area contributed by atoms with Crippen LogP contribution in [0.4, 0.5) is 5.69 Å². The van der Waals surface area contributed by atoms with Crippen molar-refractivity contribution in [2.45, 2.75) is 13.8 Å². The average molecular weight is 300 g/mol. The first kappa shape index (κ1) is 16.3. The fourth-order valence-corrected chi connectivity index (χ4v) is 2.52. The third kappa shape index (κ3) is 4.73. The van der Waals surface area contributed by atoms with Crippen LogP contribution in [0.5, 0.6) is 5.75 Å². The summed E-state index contributed by atoms with van der Waals surface area (Å²) in [6, 6.07) is 6.58. The maximum absolute atomic E-state index is 11.8. The van der Waals surface area contributed by atoms with Gasteiger partial charge in [-0.15, -0.1) is 0 Å². The van der Waals surface area contributed by atoms with Gasteiger partial charge in [-0.25, -0.2) is 8.42 Å². The van der Waals surface area contributed by atoms with Crippen molar-refractivity contribution >= 4 is 21.6 Å². The van der Waals surface area contributed by atoms with Gasteiger partial charge in [0, 0.05) is 6.54 Å². The zero-order valence-electron chi connectivity index (χ0n) is 11.9. The summed E-state index contributed by atoms with van der Waals surface area (Å²) in [6.07, 6.45) is 1.07. The summed E-state index contributed by atoms with van der Waals surface area (Å²) in [4.78, 5) is 11.6. The summed E-state index contributed by atoms with van der Waals surface area (Å²) >= 11 is 0. The Kier molecular flexibility index (Phi) is 5.82. The van der Waals surface area contributed by atoms with Crippen molar-refractivity contribution in [2.24, 2.45) is 0 Å². The maximum Gasteiger partial charge on any atom is 0.240 e. The number of ether oxygens (including phenoxy) is 1. The molecule has 1 rings (SSSR count). The monoisotopic (exact) mass is 300 g/mol. The van der Waals surface area contributed by atoms with E-state index in [1.165, 1.54) is 0 Å². The molecule has 0 aliphatic rings. The van der Waals surface area contributed by atoms with Crippen LogP contribution in [0.25, 0.3) is 0 Å². The number of nitrogens with zero attached hydrogens (tertiary/aromatic N) is 1. The number of hydrogen-bond donors (Lipinski definition) is 1. The topological polar surface area (TPSA) is 75.7 Å². The van der Waals surface area contributed by atoms with E-state index < -0.39 is 10.0 Å². The number of carbonyl (C=O) groups excluding carboxylic acids is 1. The lowest BCUT2D eigenvalue weighted by atomic mass is 10.3. The van der Waals surface area contributed by atoms with Gasteiger partial charge in [-0.2, -0.15) is 0 Å². The van der Waals surface area contributed by atoms with Crippen LogP contribution in [0.1, 0.15) is 13.8 Å². The van der Waals surface area contributed by atoms with Gasteiger partial charge in [-0.3, -0.25) is 9.10 Å². The molecule has 112 valence electrons. The Morgan fingerprint density at radius 3 is 2.30 bits per heavy atom. The zero-order valence-corrected chi connectivity index (χ0v) is 12.7. The molecular weight excluding hydrogens is 280 g/mol. The largest absolute Gasteiger partial charge is 0.494 e. The van der Waals surface area contributed by atoms with Crippen LogP contribution in [0.3, 0.4) is 0 Å². The van der Waals surface area contributed by atoms with Crippen molar-refractivity contribution in [1.82, 2.24) is 5.32 Å². The van der Waals surface area contributed by atoms with Crippen LogP contribution in [-0.2, 0) is 14.8 Å². The molecule has 0 radical (unpaired) electrons. The molecule has 0 spiro atoms. The number of benzene rings is 1. The smallest absolute Gasteiger partial charge is 0.240 e. The average Bonchev–Trinajstić information content (AvgIpc) is 2.37. The summed E-state index contributed by atoms with van der Waals surface area (Å²) in [5.41, 5.74) is 0.433. The molecule has 0 bridgehead atoms. The summed E-state index contributed by atoms with van der Waals surface area (Å²) in [6.45, 7) is 4.40. The van der Waals surface area contributed by atoms with Crippen molar-refractivity contribution in [3.63, 3.8) is 0 Å². The maximum atomic E-state index is 11.8. The minimum absolute atomic E-state index is 0.235. The molecule has 1 N–H and O–H groups in total. The Morgan fingerprint density at radius 1 is 1.25 bits per heavy atom. The normalized spacial score (nSPS) is 10.9. The standard InChI is InChI=1S/C13H20N2O4S/c1-4-14-13(16)10-15(20(3,17)18)11-6-8-12(9-7-11)19-5-2/h6-9H,4-5,10H2,1-3H3,(H,14,16). The molecule has 0 atom stereocenters. The van der Waals surface area contributed by atoms with Gasteiger partial charge in [-0.1, -0.05) is 0 Å². The van der Waals surface area contributed by atoms with Gasteiger partial charge in [0.15, 0.2) is 0 Å². The highest BCUT2D eigenvalue weighted by molar-refractivity contribution is 7.92. The van der Waals surface area contributed by atoms with Crippen molar-refractivity contribution in [2.75, 3.05) is 30.3 Å². The van der Waals surface area contributed by atoms with E-state index in [1.807, 2.05) is 6.92 Å². The number of amides is 1. The lowest BCUT2D eigenvalue weighted by Gasteiger charge is -2.22. The number of anilines is 1. The summed E-state index contributed by atoms with van der Waals surface area (Å²) in [5, 5.41) is 2.58. The molecule has 0 aliphatic heterocycles. The van der Waals surface area contributed by atoms with Crippen molar-refractivity contribution in [3.8, 4) is 5.75 Å². The van der Waals surface area contributed by atoms with Gasteiger partial charge < -0.3 is 10.1 Å². The van der Waals surface area contributed by atoms with Crippen molar-refractivity contribution in [1.29, 1.82) is 0 Å². The summed E-state index contributed by atoms with van der Waals surface area (Å²) < 4.78 is 30.0. The highest BCUT2D eigenvalue weighted by Gasteiger charge is 2.20. The molecule has 0 unspecified atom stereocenters. The Morgan fingerprint density at radius 2 is 1.85 bits per heavy atom. The highest BCUT2D eigenvalue weighted by atomic mass is 32.2. The Balaban J connectivity index is 2.96. The molecule has 0 heterocycles. The van der Waals surface area contributed by atoms with Crippen LogP contribution < -0.4 is 14.4 Å². The van der Waals surface area contributed by atoms with E-state index in [0.717, 1.165) is 10.6 Å². The Hall–Kier alpha value is -1.76. The van der Waals surface area contributed by atoms with E-state index >= 15 is 0 Å². The predicted octanol–water partition coefficient (Wildman–Crippen LogP) is 0.987. The van der Waals surface area contributed by atoms with Crippen molar-refractivity contribution in [3.05, 3.63) is 24.3 Å². The predicted molar refractivity (Wildman–Crippen MR) is 78.5 cm³/mol. The summed E-state index contributed by atoms with van der Waals surface area (Å²) in [5.74, 6) is 0.314. The number of rotatable bonds is 7. The number of carbonyl (C=O) groups is 1. The number of likely N-dealkylation sites (N-methyl/N-ethyl adjacent to an activating group) is 1.